The first-order valence-corrected chi connectivity index (χ1v) is 11.3. The Balaban J connectivity index is 1.23. The Morgan fingerprint density at radius 1 is 0.971 bits per heavy atom. The van der Waals surface area contributed by atoms with E-state index in [9.17, 15) is 8.78 Å². The average Bonchev–Trinajstić information content (AvgIpc) is 3.30. The number of rotatable bonds is 6. The van der Waals surface area contributed by atoms with Crippen LogP contribution in [-0.2, 0) is 6.54 Å². The summed E-state index contributed by atoms with van der Waals surface area (Å²) >= 11 is 0. The number of hydrogen-bond acceptors (Lipinski definition) is 5. The number of nitrogens with zero attached hydrogens (tertiary/aromatic N) is 6. The number of hydrogen-bond donors (Lipinski definition) is 1. The summed E-state index contributed by atoms with van der Waals surface area (Å²) < 4.78 is 28.8. The van der Waals surface area contributed by atoms with E-state index in [2.05, 4.69) is 31.5 Å². The Labute approximate surface area is 195 Å². The summed E-state index contributed by atoms with van der Waals surface area (Å²) in [4.78, 5) is 2.45. The number of piperidine rings is 1. The molecule has 0 saturated carbocycles. The maximum atomic E-state index is 13.7. The van der Waals surface area contributed by atoms with Gasteiger partial charge in [-0.15, -0.1) is 0 Å². The zero-order valence-corrected chi connectivity index (χ0v) is 18.6. The lowest BCUT2D eigenvalue weighted by atomic mass is 9.90. The highest BCUT2D eigenvalue weighted by atomic mass is 19.2. The van der Waals surface area contributed by atoms with Crippen LogP contribution in [-0.4, -0.2) is 32.8 Å². The fourth-order valence-electron chi connectivity index (χ4n) is 4.71. The molecule has 3 heterocycles. The summed E-state index contributed by atoms with van der Waals surface area (Å²) in [6, 6.07) is 15.1. The van der Waals surface area contributed by atoms with Crippen LogP contribution >= 0.6 is 0 Å². The number of nitrogens with two attached hydrogens (primary N) is 1. The largest absolute Gasteiger partial charge is 0.305 e. The molecule has 1 aliphatic heterocycles. The van der Waals surface area contributed by atoms with Crippen LogP contribution in [0.4, 0.5) is 8.78 Å². The van der Waals surface area contributed by atoms with Crippen molar-refractivity contribution in [3.63, 3.8) is 0 Å². The molecule has 34 heavy (non-hydrogen) atoms. The van der Waals surface area contributed by atoms with Crippen molar-refractivity contribution in [2.75, 3.05) is 13.1 Å². The van der Waals surface area contributed by atoms with Crippen LogP contribution < -0.4 is 5.84 Å². The van der Waals surface area contributed by atoms with Crippen molar-refractivity contribution in [1.29, 1.82) is 0 Å². The van der Waals surface area contributed by atoms with Gasteiger partial charge in [0.1, 0.15) is 6.04 Å². The highest BCUT2D eigenvalue weighted by Crippen LogP contribution is 2.32. The van der Waals surface area contributed by atoms with Crippen LogP contribution in [0.3, 0.4) is 0 Å². The Kier molecular flexibility index (Phi) is 6.27. The third kappa shape index (κ3) is 4.51. The summed E-state index contributed by atoms with van der Waals surface area (Å²) in [7, 11) is 0. The molecule has 1 unspecified atom stereocenters. The van der Waals surface area contributed by atoms with E-state index in [1.807, 2.05) is 36.5 Å². The Morgan fingerprint density at radius 2 is 1.74 bits per heavy atom. The number of aromatic nitrogens is 3. The number of benzene rings is 2. The highest BCUT2D eigenvalue weighted by Gasteiger charge is 2.23. The van der Waals surface area contributed by atoms with Gasteiger partial charge in [-0.1, -0.05) is 35.6 Å². The van der Waals surface area contributed by atoms with Crippen LogP contribution in [0.25, 0.3) is 5.52 Å². The molecule has 0 spiro atoms. The summed E-state index contributed by atoms with van der Waals surface area (Å²) in [5, 5.41) is 16.1. The van der Waals surface area contributed by atoms with Crippen LogP contribution in [0.15, 0.2) is 77.3 Å². The van der Waals surface area contributed by atoms with Crippen molar-refractivity contribution in [2.45, 2.75) is 31.3 Å². The van der Waals surface area contributed by atoms with Gasteiger partial charge in [0.25, 0.3) is 0 Å². The first kappa shape index (κ1) is 22.1. The number of halogens is 2. The Morgan fingerprint density at radius 3 is 2.47 bits per heavy atom. The molecule has 174 valence electrons. The topological polar surface area (TPSA) is 84.2 Å². The van der Waals surface area contributed by atoms with Gasteiger partial charge in [0.15, 0.2) is 11.6 Å². The molecule has 1 aliphatic rings. The van der Waals surface area contributed by atoms with Crippen LogP contribution in [0, 0.1) is 11.6 Å². The molecule has 2 N–H and O–H groups in total. The molecule has 1 atom stereocenters. The minimum absolute atomic E-state index is 0.485. The van der Waals surface area contributed by atoms with Gasteiger partial charge >= 0.3 is 0 Å². The Bertz CT molecular complexity index is 1290. The van der Waals surface area contributed by atoms with Gasteiger partial charge < -0.3 is 5.84 Å². The van der Waals surface area contributed by atoms with Crippen LogP contribution in [0.5, 0.6) is 0 Å². The second-order valence-corrected chi connectivity index (χ2v) is 8.60. The maximum absolute atomic E-state index is 13.7. The predicted molar refractivity (Wildman–Crippen MR) is 124 cm³/mol. The van der Waals surface area contributed by atoms with E-state index in [1.54, 1.807) is 10.8 Å². The van der Waals surface area contributed by atoms with Gasteiger partial charge in [-0.25, -0.2) is 8.78 Å². The summed E-state index contributed by atoms with van der Waals surface area (Å²) in [6.07, 6.45) is 5.84. The minimum atomic E-state index is -0.921. The van der Waals surface area contributed by atoms with E-state index < -0.39 is 17.7 Å². The van der Waals surface area contributed by atoms with E-state index >= 15 is 0 Å². The van der Waals surface area contributed by atoms with Crippen molar-refractivity contribution < 1.29 is 8.78 Å². The molecule has 0 radical (unpaired) electrons. The lowest BCUT2D eigenvalue weighted by Gasteiger charge is -2.31. The molecule has 4 aromatic rings. The Hall–Kier alpha value is -3.72. The third-order valence-corrected chi connectivity index (χ3v) is 6.50. The summed E-state index contributed by atoms with van der Waals surface area (Å²) in [6.45, 7) is 2.85. The smallest absolute Gasteiger partial charge is 0.159 e. The van der Waals surface area contributed by atoms with Gasteiger partial charge in [-0.2, -0.15) is 19.9 Å². The van der Waals surface area contributed by atoms with Gasteiger partial charge in [0.2, 0.25) is 0 Å². The first-order chi connectivity index (χ1) is 16.6. The van der Waals surface area contributed by atoms with Crippen LogP contribution in [0.2, 0.25) is 0 Å². The molecule has 1 fully saturated rings. The predicted octanol–water partition coefficient (Wildman–Crippen LogP) is 4.80. The van der Waals surface area contributed by atoms with Crippen LogP contribution in [0.1, 0.15) is 47.1 Å². The molecule has 1 saturated heterocycles. The van der Waals surface area contributed by atoms with Crippen molar-refractivity contribution in [3.05, 3.63) is 101 Å². The number of fused-ring (bicyclic) bond motifs is 1. The fraction of sp³-hybridized carbons (Fsp3) is 0.280. The van der Waals surface area contributed by atoms with E-state index in [1.165, 1.54) is 17.2 Å². The lowest BCUT2D eigenvalue weighted by molar-refractivity contribution is 0.205. The molecule has 2 aromatic heterocycles. The van der Waals surface area contributed by atoms with E-state index in [-0.39, 0.29) is 0 Å². The van der Waals surface area contributed by atoms with Crippen molar-refractivity contribution in [1.82, 2.24) is 19.7 Å². The SMILES string of the molecule is NN=NC(c1ccc(CN2CCC(c3cnn4ncccc34)CC2)cc1)c1ccc(F)c(F)c1. The molecule has 9 heteroatoms. The lowest BCUT2D eigenvalue weighted by Crippen LogP contribution is -2.32. The second-order valence-electron chi connectivity index (χ2n) is 8.60. The minimum Gasteiger partial charge on any atom is -0.305 e. The highest BCUT2D eigenvalue weighted by molar-refractivity contribution is 5.54. The zero-order chi connectivity index (χ0) is 23.5. The molecule has 0 amide bonds. The summed E-state index contributed by atoms with van der Waals surface area (Å²) in [5.74, 6) is 3.94. The fourth-order valence-corrected chi connectivity index (χ4v) is 4.71. The average molecular weight is 462 g/mol. The van der Waals surface area contributed by atoms with E-state index in [4.69, 9.17) is 5.84 Å². The van der Waals surface area contributed by atoms with E-state index in [0.717, 1.165) is 55.7 Å². The normalized spacial score (nSPS) is 16.4. The van der Waals surface area contributed by atoms with Gasteiger partial charge in [0.05, 0.1) is 11.7 Å². The molecule has 0 bridgehead atoms. The monoisotopic (exact) mass is 461 g/mol. The van der Waals surface area contributed by atoms with Crippen molar-refractivity contribution >= 4 is 5.52 Å². The quantitative estimate of drug-likeness (QED) is 0.254. The second kappa shape index (κ2) is 9.64. The van der Waals surface area contributed by atoms with Crippen molar-refractivity contribution in [3.8, 4) is 0 Å². The molecular formula is C25H25F2N7. The van der Waals surface area contributed by atoms with Gasteiger partial charge in [0, 0.05) is 18.3 Å². The molecule has 2 aromatic carbocycles. The first-order valence-electron chi connectivity index (χ1n) is 11.3. The zero-order valence-electron chi connectivity index (χ0n) is 18.6. The molecule has 7 nitrogen and oxygen atoms in total. The molecular weight excluding hydrogens is 436 g/mol. The standard InChI is InChI=1S/C25H25F2N7/c26-22-8-7-20(14-23(22)27)25(31-32-28)19-5-3-17(4-6-19)16-33-12-9-18(10-13-33)21-15-30-34-24(21)2-1-11-29-34/h1-8,11,14-15,18,25H,9-10,12-13,16H2,(H2,28,31). The molecule has 0 aliphatic carbocycles. The third-order valence-electron chi connectivity index (χ3n) is 6.50. The maximum Gasteiger partial charge on any atom is 0.159 e. The summed E-state index contributed by atoms with van der Waals surface area (Å²) in [5.41, 5.74) is 4.84. The van der Waals surface area contributed by atoms with Crippen molar-refractivity contribution in [2.24, 2.45) is 16.2 Å². The van der Waals surface area contributed by atoms with Gasteiger partial charge in [-0.05, 0) is 72.8 Å². The van der Waals surface area contributed by atoms with E-state index in [0.29, 0.717) is 11.5 Å². The molecule has 5 rings (SSSR count). The number of likely N-dealkylation sites (tertiary alicyclic amines) is 1. The van der Waals surface area contributed by atoms with Gasteiger partial charge in [-0.3, -0.25) is 4.90 Å².